The number of hydrogen-bond acceptors (Lipinski definition) is 3. The lowest BCUT2D eigenvalue weighted by atomic mass is 10.1. The molecule has 0 aliphatic rings. The first-order valence-electron chi connectivity index (χ1n) is 5.48. The zero-order valence-corrected chi connectivity index (χ0v) is 9.77. The third kappa shape index (κ3) is 1.99. The Morgan fingerprint density at radius 2 is 2.00 bits per heavy atom. The van der Waals surface area contributed by atoms with Gasteiger partial charge in [0.25, 0.3) is 0 Å². The maximum absolute atomic E-state index is 5.55. The van der Waals surface area contributed by atoms with Gasteiger partial charge in [0.2, 0.25) is 0 Å². The van der Waals surface area contributed by atoms with Gasteiger partial charge in [-0.05, 0) is 18.7 Å². The highest BCUT2D eigenvalue weighted by molar-refractivity contribution is 5.90. The summed E-state index contributed by atoms with van der Waals surface area (Å²) in [5.74, 6) is 0. The van der Waals surface area contributed by atoms with Crippen LogP contribution in [0.15, 0.2) is 30.3 Å². The van der Waals surface area contributed by atoms with Gasteiger partial charge in [-0.3, -0.25) is 4.98 Å². The Labute approximate surface area is 95.9 Å². The molecule has 3 heteroatoms. The van der Waals surface area contributed by atoms with Crippen LogP contribution >= 0.6 is 0 Å². The third-order valence-electron chi connectivity index (χ3n) is 2.64. The minimum atomic E-state index is 0.642. The highest BCUT2D eigenvalue weighted by Crippen LogP contribution is 2.23. The summed E-state index contributed by atoms with van der Waals surface area (Å²) in [4.78, 5) is 6.75. The van der Waals surface area contributed by atoms with Crippen molar-refractivity contribution in [3.63, 3.8) is 0 Å². The Bertz CT molecular complexity index is 492. The summed E-state index contributed by atoms with van der Waals surface area (Å²) >= 11 is 0. The molecule has 0 saturated heterocycles. The summed E-state index contributed by atoms with van der Waals surface area (Å²) in [6.45, 7) is 0.642. The average Bonchev–Trinajstić information content (AvgIpc) is 2.28. The molecule has 0 saturated carbocycles. The van der Waals surface area contributed by atoms with Gasteiger partial charge < -0.3 is 10.6 Å². The standard InChI is InChI=1S/C13H17N3/c1-16(2)12-5-3-4-10-6-7-11(8-9-14)15-13(10)12/h3-7H,8-9,14H2,1-2H3. The molecule has 0 aliphatic heterocycles. The Morgan fingerprint density at radius 1 is 1.19 bits per heavy atom. The van der Waals surface area contributed by atoms with Gasteiger partial charge in [0.1, 0.15) is 0 Å². The van der Waals surface area contributed by atoms with Crippen LogP contribution in [0.4, 0.5) is 5.69 Å². The van der Waals surface area contributed by atoms with Crippen LogP contribution < -0.4 is 10.6 Å². The van der Waals surface area contributed by atoms with Crippen LogP contribution in [0.25, 0.3) is 10.9 Å². The van der Waals surface area contributed by atoms with Gasteiger partial charge in [-0.25, -0.2) is 0 Å². The Morgan fingerprint density at radius 3 is 2.69 bits per heavy atom. The van der Waals surface area contributed by atoms with Crippen molar-refractivity contribution < 1.29 is 0 Å². The molecular weight excluding hydrogens is 198 g/mol. The quantitative estimate of drug-likeness (QED) is 0.849. The van der Waals surface area contributed by atoms with Gasteiger partial charge in [0.15, 0.2) is 0 Å². The van der Waals surface area contributed by atoms with E-state index in [4.69, 9.17) is 5.73 Å². The van der Waals surface area contributed by atoms with Crippen LogP contribution in [0.3, 0.4) is 0 Å². The minimum absolute atomic E-state index is 0.642. The monoisotopic (exact) mass is 215 g/mol. The molecule has 0 unspecified atom stereocenters. The van der Waals surface area contributed by atoms with Gasteiger partial charge >= 0.3 is 0 Å². The van der Waals surface area contributed by atoms with Gasteiger partial charge in [0, 0.05) is 31.6 Å². The first-order chi connectivity index (χ1) is 7.72. The highest BCUT2D eigenvalue weighted by Gasteiger charge is 2.04. The molecule has 2 rings (SSSR count). The maximum Gasteiger partial charge on any atom is 0.0938 e. The van der Waals surface area contributed by atoms with E-state index in [-0.39, 0.29) is 0 Å². The number of fused-ring (bicyclic) bond motifs is 1. The van der Waals surface area contributed by atoms with E-state index in [0.29, 0.717) is 6.54 Å². The molecule has 0 aliphatic carbocycles. The number of aromatic nitrogens is 1. The van der Waals surface area contributed by atoms with Crippen LogP contribution in [-0.4, -0.2) is 25.6 Å². The number of anilines is 1. The van der Waals surface area contributed by atoms with Crippen LogP contribution in [0.5, 0.6) is 0 Å². The summed E-state index contributed by atoms with van der Waals surface area (Å²) in [6.07, 6.45) is 0.831. The summed E-state index contributed by atoms with van der Waals surface area (Å²) in [5.41, 5.74) is 8.82. The topological polar surface area (TPSA) is 42.1 Å². The van der Waals surface area contributed by atoms with Crippen molar-refractivity contribution in [1.29, 1.82) is 0 Å². The third-order valence-corrected chi connectivity index (χ3v) is 2.64. The van der Waals surface area contributed by atoms with E-state index < -0.39 is 0 Å². The molecule has 0 radical (unpaired) electrons. The maximum atomic E-state index is 5.55. The Balaban J connectivity index is 2.59. The van der Waals surface area contributed by atoms with Gasteiger partial charge in [-0.15, -0.1) is 0 Å². The first-order valence-corrected chi connectivity index (χ1v) is 5.48. The average molecular weight is 215 g/mol. The minimum Gasteiger partial charge on any atom is -0.376 e. The first kappa shape index (κ1) is 10.9. The molecule has 2 N–H and O–H groups in total. The Kier molecular flexibility index (Phi) is 3.06. The molecule has 84 valence electrons. The van der Waals surface area contributed by atoms with Crippen molar-refractivity contribution in [3.8, 4) is 0 Å². The van der Waals surface area contributed by atoms with E-state index in [9.17, 15) is 0 Å². The fourth-order valence-electron chi connectivity index (χ4n) is 1.82. The molecule has 16 heavy (non-hydrogen) atoms. The normalized spacial score (nSPS) is 10.7. The predicted octanol–water partition coefficient (Wildman–Crippen LogP) is 1.80. The van der Waals surface area contributed by atoms with Crippen LogP contribution in [0.2, 0.25) is 0 Å². The Hall–Kier alpha value is -1.61. The molecule has 0 atom stereocenters. The molecular formula is C13H17N3. The van der Waals surface area contributed by atoms with Gasteiger partial charge in [-0.2, -0.15) is 0 Å². The number of benzene rings is 1. The van der Waals surface area contributed by atoms with E-state index in [0.717, 1.165) is 23.3 Å². The van der Waals surface area contributed by atoms with Crippen molar-refractivity contribution in [2.24, 2.45) is 5.73 Å². The second-order valence-corrected chi connectivity index (χ2v) is 4.08. The summed E-state index contributed by atoms with van der Waals surface area (Å²) in [7, 11) is 4.07. The largest absolute Gasteiger partial charge is 0.376 e. The second kappa shape index (κ2) is 4.49. The van der Waals surface area contributed by atoms with E-state index in [2.05, 4.69) is 40.2 Å². The molecule has 0 spiro atoms. The van der Waals surface area contributed by atoms with Gasteiger partial charge in [-0.1, -0.05) is 18.2 Å². The molecule has 3 nitrogen and oxygen atoms in total. The number of pyridine rings is 1. The number of nitrogens with two attached hydrogens (primary N) is 1. The molecule has 1 heterocycles. The second-order valence-electron chi connectivity index (χ2n) is 4.08. The molecule has 0 fully saturated rings. The smallest absolute Gasteiger partial charge is 0.0938 e. The van der Waals surface area contributed by atoms with E-state index in [1.165, 1.54) is 5.39 Å². The lowest BCUT2D eigenvalue weighted by Gasteiger charge is -2.15. The summed E-state index contributed by atoms with van der Waals surface area (Å²) in [6, 6.07) is 10.4. The van der Waals surface area contributed by atoms with Crippen molar-refractivity contribution in [1.82, 2.24) is 4.98 Å². The molecule has 0 bridgehead atoms. The number of hydrogen-bond donors (Lipinski definition) is 1. The van der Waals surface area contributed by atoms with Crippen LogP contribution in [0.1, 0.15) is 5.69 Å². The lowest BCUT2D eigenvalue weighted by molar-refractivity contribution is 0.931. The zero-order chi connectivity index (χ0) is 11.5. The number of para-hydroxylation sites is 1. The summed E-state index contributed by atoms with van der Waals surface area (Å²) < 4.78 is 0. The number of rotatable bonds is 3. The number of nitrogens with zero attached hydrogens (tertiary/aromatic N) is 2. The van der Waals surface area contributed by atoms with Crippen LogP contribution in [0, 0.1) is 0 Å². The molecule has 1 aromatic carbocycles. The van der Waals surface area contributed by atoms with Crippen molar-refractivity contribution in [3.05, 3.63) is 36.0 Å². The van der Waals surface area contributed by atoms with E-state index in [1.54, 1.807) is 0 Å². The van der Waals surface area contributed by atoms with Crippen molar-refractivity contribution >= 4 is 16.6 Å². The fourth-order valence-corrected chi connectivity index (χ4v) is 1.82. The van der Waals surface area contributed by atoms with E-state index in [1.807, 2.05) is 14.1 Å². The summed E-state index contributed by atoms with van der Waals surface area (Å²) in [5, 5.41) is 1.17. The SMILES string of the molecule is CN(C)c1cccc2ccc(CCN)nc12. The highest BCUT2D eigenvalue weighted by atomic mass is 15.1. The van der Waals surface area contributed by atoms with Crippen molar-refractivity contribution in [2.75, 3.05) is 25.5 Å². The molecule has 0 amide bonds. The molecule has 2 aromatic rings. The predicted molar refractivity (Wildman–Crippen MR) is 68.8 cm³/mol. The zero-order valence-electron chi connectivity index (χ0n) is 9.77. The fraction of sp³-hybridized carbons (Fsp3) is 0.308. The van der Waals surface area contributed by atoms with E-state index >= 15 is 0 Å². The van der Waals surface area contributed by atoms with Crippen LogP contribution in [-0.2, 0) is 6.42 Å². The van der Waals surface area contributed by atoms with Gasteiger partial charge in [0.05, 0.1) is 11.2 Å². The molecule has 1 aromatic heterocycles. The van der Waals surface area contributed by atoms with Crippen molar-refractivity contribution in [2.45, 2.75) is 6.42 Å². The lowest BCUT2D eigenvalue weighted by Crippen LogP contribution is -2.10.